The summed E-state index contributed by atoms with van der Waals surface area (Å²) in [6, 6.07) is 12.8. The van der Waals surface area contributed by atoms with Crippen molar-refractivity contribution in [1.82, 2.24) is 0 Å². The molecule has 0 spiro atoms. The summed E-state index contributed by atoms with van der Waals surface area (Å²) >= 11 is 3.99. The van der Waals surface area contributed by atoms with Crippen LogP contribution in [0, 0.1) is 0 Å². The van der Waals surface area contributed by atoms with Crippen LogP contribution in [0.1, 0.15) is 54.1 Å². The smallest absolute Gasteiger partial charge is 0.226 e. The maximum Gasteiger partial charge on any atom is 0.226 e. The fraction of sp³-hybridized carbons (Fsp3) is 0.368. The Morgan fingerprint density at radius 3 is 2.33 bits per heavy atom. The van der Waals surface area contributed by atoms with Crippen LogP contribution in [0.25, 0.3) is 0 Å². The van der Waals surface area contributed by atoms with Gasteiger partial charge in [-0.05, 0) is 30.5 Å². The zero-order chi connectivity index (χ0) is 17.4. The van der Waals surface area contributed by atoms with Crippen LogP contribution in [0.3, 0.4) is 0 Å². The van der Waals surface area contributed by atoms with Gasteiger partial charge in [0, 0.05) is 0 Å². The van der Waals surface area contributed by atoms with Gasteiger partial charge in [0.2, 0.25) is 5.78 Å². The normalized spacial score (nSPS) is 13.4. The number of rotatable bonds is 10. The fourth-order valence-corrected chi connectivity index (χ4v) is 2.97. The number of Topliss-reactive ketones (excluding diaryl/α,β-unsaturated/α-hetero) is 1. The van der Waals surface area contributed by atoms with E-state index in [2.05, 4.69) is 12.6 Å². The molecule has 1 aromatic carbocycles. The molecule has 0 aliphatic rings. The largest absolute Gasteiger partial charge is 0.461 e. The van der Waals surface area contributed by atoms with Gasteiger partial charge < -0.3 is 9.52 Å². The van der Waals surface area contributed by atoms with E-state index in [4.69, 9.17) is 4.42 Å². The van der Waals surface area contributed by atoms with Gasteiger partial charge in [-0.25, -0.2) is 0 Å². The van der Waals surface area contributed by atoms with Crippen LogP contribution in [0.2, 0.25) is 0 Å². The number of furan rings is 1. The highest BCUT2D eigenvalue weighted by Gasteiger charge is 2.20. The van der Waals surface area contributed by atoms with Crippen molar-refractivity contribution in [2.24, 2.45) is 0 Å². The molecule has 0 radical (unpaired) electrons. The quantitative estimate of drug-likeness (QED) is 0.387. The van der Waals surface area contributed by atoms with E-state index in [9.17, 15) is 14.7 Å². The monoisotopic (exact) mass is 346 g/mol. The number of carbonyl (C=O) groups is 2. The average molecular weight is 346 g/mol. The summed E-state index contributed by atoms with van der Waals surface area (Å²) in [5, 5.41) is 9.76. The predicted octanol–water partition coefficient (Wildman–Crippen LogP) is 4.01. The Kier molecular flexibility index (Phi) is 7.28. The molecule has 2 unspecified atom stereocenters. The molecule has 4 nitrogen and oxygen atoms in total. The minimum atomic E-state index is -1.03. The maximum absolute atomic E-state index is 11.9. The lowest BCUT2D eigenvalue weighted by molar-refractivity contribution is -0.112. The second-order valence-corrected chi connectivity index (χ2v) is 6.24. The van der Waals surface area contributed by atoms with Gasteiger partial charge in [-0.15, -0.1) is 12.6 Å². The van der Waals surface area contributed by atoms with Gasteiger partial charge in [-0.3, -0.25) is 9.59 Å². The number of unbranched alkanes of at least 4 members (excludes halogenated alkanes) is 2. The number of ketones is 1. The van der Waals surface area contributed by atoms with Crippen molar-refractivity contribution in [2.45, 2.75) is 44.1 Å². The van der Waals surface area contributed by atoms with Crippen LogP contribution in [0.4, 0.5) is 0 Å². The van der Waals surface area contributed by atoms with Gasteiger partial charge in [0.1, 0.15) is 6.10 Å². The van der Waals surface area contributed by atoms with E-state index in [0.29, 0.717) is 12.8 Å². The predicted molar refractivity (Wildman–Crippen MR) is 95.3 cm³/mol. The zero-order valence-corrected chi connectivity index (χ0v) is 14.3. The van der Waals surface area contributed by atoms with Crippen molar-refractivity contribution in [1.29, 1.82) is 0 Å². The SMILES string of the molecule is O=C(c1ccco1)C(O)CCCCCC(C(=O)S)c1ccccc1. The van der Waals surface area contributed by atoms with Crippen LogP contribution in [-0.2, 0) is 4.79 Å². The third kappa shape index (κ3) is 5.35. The Morgan fingerprint density at radius 1 is 1.00 bits per heavy atom. The lowest BCUT2D eigenvalue weighted by atomic mass is 9.93. The Labute approximate surface area is 147 Å². The van der Waals surface area contributed by atoms with E-state index >= 15 is 0 Å². The van der Waals surface area contributed by atoms with E-state index in [0.717, 1.165) is 24.8 Å². The standard InChI is InChI=1S/C19H22O4S/c20-16(18(21)17-12-7-13-23-17)11-6-2-5-10-15(19(22)24)14-8-3-1-4-9-14/h1,3-4,7-9,12-13,15-16,20H,2,5-6,10-11H2,(H,22,24). The highest BCUT2D eigenvalue weighted by Crippen LogP contribution is 2.25. The Hall–Kier alpha value is -1.85. The lowest BCUT2D eigenvalue weighted by Crippen LogP contribution is -2.19. The molecule has 0 amide bonds. The van der Waals surface area contributed by atoms with E-state index in [-0.39, 0.29) is 22.6 Å². The first-order valence-electron chi connectivity index (χ1n) is 8.13. The molecule has 1 heterocycles. The van der Waals surface area contributed by atoms with Crippen LogP contribution in [0.5, 0.6) is 0 Å². The summed E-state index contributed by atoms with van der Waals surface area (Å²) in [6.45, 7) is 0. The third-order valence-electron chi connectivity index (χ3n) is 4.04. The van der Waals surface area contributed by atoms with Crippen LogP contribution in [0.15, 0.2) is 53.1 Å². The van der Waals surface area contributed by atoms with Crippen molar-refractivity contribution in [3.05, 3.63) is 60.1 Å². The molecule has 2 aromatic rings. The van der Waals surface area contributed by atoms with Gasteiger partial charge >= 0.3 is 0 Å². The number of benzene rings is 1. The second-order valence-electron chi connectivity index (χ2n) is 5.80. The minimum absolute atomic E-state index is 0.130. The number of aliphatic hydroxyl groups is 1. The molecule has 0 fully saturated rings. The third-order valence-corrected chi connectivity index (χ3v) is 4.35. The molecule has 1 aromatic heterocycles. The molecule has 24 heavy (non-hydrogen) atoms. The summed E-state index contributed by atoms with van der Waals surface area (Å²) in [7, 11) is 0. The van der Waals surface area contributed by atoms with Crippen molar-refractivity contribution in [2.75, 3.05) is 0 Å². The van der Waals surface area contributed by atoms with Crippen molar-refractivity contribution in [3.8, 4) is 0 Å². The summed E-state index contributed by atoms with van der Waals surface area (Å²) < 4.78 is 5.00. The van der Waals surface area contributed by atoms with Gasteiger partial charge in [-0.1, -0.05) is 49.6 Å². The lowest BCUT2D eigenvalue weighted by Gasteiger charge is -2.13. The first kappa shape index (κ1) is 18.5. The maximum atomic E-state index is 11.9. The Bertz CT molecular complexity index is 637. The highest BCUT2D eigenvalue weighted by atomic mass is 32.1. The summed E-state index contributed by atoms with van der Waals surface area (Å²) in [5.41, 5.74) is 0.977. The number of aliphatic hydroxyl groups excluding tert-OH is 1. The summed E-state index contributed by atoms with van der Waals surface area (Å²) in [5.74, 6) is -0.399. The van der Waals surface area contributed by atoms with Gasteiger partial charge in [-0.2, -0.15) is 0 Å². The Balaban J connectivity index is 1.72. The molecule has 0 aliphatic heterocycles. The molecule has 0 saturated heterocycles. The Morgan fingerprint density at radius 2 is 1.71 bits per heavy atom. The molecule has 2 atom stereocenters. The van der Waals surface area contributed by atoms with Gasteiger partial charge in [0.15, 0.2) is 10.9 Å². The number of thiol groups is 1. The van der Waals surface area contributed by atoms with Crippen molar-refractivity contribution >= 4 is 23.5 Å². The molecule has 0 saturated carbocycles. The van der Waals surface area contributed by atoms with Gasteiger partial charge in [0.05, 0.1) is 12.2 Å². The first-order chi connectivity index (χ1) is 11.6. The molecular weight excluding hydrogens is 324 g/mol. The topological polar surface area (TPSA) is 67.5 Å². The average Bonchev–Trinajstić information content (AvgIpc) is 3.12. The number of hydrogen-bond donors (Lipinski definition) is 2. The van der Waals surface area contributed by atoms with Crippen LogP contribution < -0.4 is 0 Å². The molecule has 0 aliphatic carbocycles. The zero-order valence-electron chi connectivity index (χ0n) is 13.4. The van der Waals surface area contributed by atoms with E-state index in [1.54, 1.807) is 12.1 Å². The molecule has 2 rings (SSSR count). The molecule has 1 N–H and O–H groups in total. The number of carbonyl (C=O) groups excluding carboxylic acids is 2. The highest BCUT2D eigenvalue weighted by molar-refractivity contribution is 7.96. The van der Waals surface area contributed by atoms with Crippen molar-refractivity contribution in [3.63, 3.8) is 0 Å². The number of hydrogen-bond acceptors (Lipinski definition) is 4. The molecule has 0 bridgehead atoms. The molecule has 5 heteroatoms. The minimum Gasteiger partial charge on any atom is -0.461 e. The second kappa shape index (κ2) is 9.45. The van der Waals surface area contributed by atoms with E-state index in [1.165, 1.54) is 6.26 Å². The summed E-state index contributed by atoms with van der Waals surface area (Å²) in [4.78, 5) is 23.6. The summed E-state index contributed by atoms with van der Waals surface area (Å²) in [6.07, 6.45) is 3.89. The van der Waals surface area contributed by atoms with Crippen LogP contribution in [-0.4, -0.2) is 22.1 Å². The molecule has 128 valence electrons. The van der Waals surface area contributed by atoms with E-state index < -0.39 is 6.10 Å². The van der Waals surface area contributed by atoms with Crippen molar-refractivity contribution < 1.29 is 19.1 Å². The first-order valence-corrected chi connectivity index (χ1v) is 8.58. The fourth-order valence-electron chi connectivity index (χ4n) is 2.70. The van der Waals surface area contributed by atoms with Gasteiger partial charge in [0.25, 0.3) is 0 Å². The van der Waals surface area contributed by atoms with E-state index in [1.807, 2.05) is 30.3 Å². The van der Waals surface area contributed by atoms with Crippen LogP contribution >= 0.6 is 12.6 Å². The molecular formula is C19H22O4S.